The molecule has 1 aliphatic carbocycles. The molecular weight excluding hydrogens is 708 g/mol. The molecule has 1 saturated heterocycles. The van der Waals surface area contributed by atoms with Gasteiger partial charge in [-0.25, -0.2) is 0 Å². The van der Waals surface area contributed by atoms with Crippen LogP contribution in [0.5, 0.6) is 28.7 Å². The summed E-state index contributed by atoms with van der Waals surface area (Å²) in [6.45, 7) is -0.273. The van der Waals surface area contributed by atoms with E-state index in [2.05, 4.69) is 4.98 Å². The number of carbonyl (C=O) groups is 3. The van der Waals surface area contributed by atoms with E-state index in [4.69, 9.17) is 38.3 Å². The number of hydrogen-bond acceptors (Lipinski definition) is 13. The molecule has 0 amide bonds. The highest BCUT2D eigenvalue weighted by Gasteiger charge is 2.58. The van der Waals surface area contributed by atoms with Crippen LogP contribution in [0.1, 0.15) is 60.8 Å². The summed E-state index contributed by atoms with van der Waals surface area (Å²) in [6, 6.07) is 9.15. The Balaban J connectivity index is 1.19. The second-order valence-electron chi connectivity index (χ2n) is 14.1. The van der Waals surface area contributed by atoms with Gasteiger partial charge in [0.2, 0.25) is 12.0 Å². The number of ketones is 1. The molecule has 286 valence electrons. The lowest BCUT2D eigenvalue weighted by Crippen LogP contribution is -2.60. The number of rotatable bonds is 10. The number of nitrogens with one attached hydrogen (secondary N) is 1. The van der Waals surface area contributed by atoms with E-state index in [1.54, 1.807) is 26.4 Å². The summed E-state index contributed by atoms with van der Waals surface area (Å²) in [4.78, 5) is 38.6. The highest BCUT2D eigenvalue weighted by molar-refractivity contribution is 5.90. The van der Waals surface area contributed by atoms with Gasteiger partial charge in [-0.15, -0.1) is 0 Å². The maximum absolute atomic E-state index is 12.6. The zero-order chi connectivity index (χ0) is 37.9. The predicted octanol–water partition coefficient (Wildman–Crippen LogP) is 2.73. The van der Waals surface area contributed by atoms with Gasteiger partial charge in [0.05, 0.1) is 25.7 Å². The highest BCUT2D eigenvalue weighted by Crippen LogP contribution is 2.64. The lowest BCUT2D eigenvalue weighted by Gasteiger charge is -2.48. The molecular formula is C38H40N2O14. The van der Waals surface area contributed by atoms with Gasteiger partial charge in [0.15, 0.2) is 11.5 Å². The Morgan fingerprint density at radius 2 is 1.81 bits per heavy atom. The van der Waals surface area contributed by atoms with Crippen molar-refractivity contribution in [3.05, 3.63) is 65.6 Å². The molecule has 5 N–H and O–H groups in total. The minimum Gasteiger partial charge on any atom is -0.493 e. The molecule has 4 aromatic rings. The van der Waals surface area contributed by atoms with E-state index < -0.39 is 67.4 Å². The van der Waals surface area contributed by atoms with Gasteiger partial charge >= 0.3 is 11.9 Å². The number of aromatic nitrogens is 2. The van der Waals surface area contributed by atoms with Crippen molar-refractivity contribution in [3.63, 3.8) is 0 Å². The zero-order valence-electron chi connectivity index (χ0n) is 29.4. The first-order chi connectivity index (χ1) is 26.0. The fourth-order valence-electron chi connectivity index (χ4n) is 8.26. The average molecular weight is 749 g/mol. The number of fused-ring (bicyclic) bond motifs is 7. The first-order valence-corrected chi connectivity index (χ1v) is 17.6. The number of Topliss-reactive ketones (excluding diaryl/α,β-unsaturated/α-hetero) is 1. The summed E-state index contributed by atoms with van der Waals surface area (Å²) in [5.41, 5.74) is 2.44. The molecule has 0 bridgehead atoms. The minimum atomic E-state index is -1.76. The van der Waals surface area contributed by atoms with Crippen LogP contribution in [0.4, 0.5) is 0 Å². The van der Waals surface area contributed by atoms with Crippen LogP contribution in [0.15, 0.2) is 48.9 Å². The second kappa shape index (κ2) is 13.8. The summed E-state index contributed by atoms with van der Waals surface area (Å²) in [6.07, 6.45) is -2.25. The van der Waals surface area contributed by atoms with Gasteiger partial charge in [0.25, 0.3) is 0 Å². The number of carboxylic acid groups (broad SMARTS) is 1. The summed E-state index contributed by atoms with van der Waals surface area (Å²) in [5, 5.41) is 42.2. The predicted molar refractivity (Wildman–Crippen MR) is 185 cm³/mol. The molecule has 7 unspecified atom stereocenters. The molecule has 7 atom stereocenters. The number of nitrogens with zero attached hydrogens (tertiary/aromatic N) is 1. The first-order valence-electron chi connectivity index (χ1n) is 17.6. The van der Waals surface area contributed by atoms with E-state index in [1.165, 1.54) is 0 Å². The lowest BCUT2D eigenvalue weighted by atomic mass is 9.67. The SMILES string of the molecule is COc1ccc2c(c1OC)OC1c3c(Cn4cc5cc[nH]c5c4)cc(OC4OC(COC(=O)CC(=O)O)C(O)C(O)C4O)cc3OC3(CCC(=O)CC3)C21. The van der Waals surface area contributed by atoms with E-state index >= 15 is 0 Å². The average Bonchev–Trinajstić information content (AvgIpc) is 3.86. The van der Waals surface area contributed by atoms with Crippen molar-refractivity contribution < 1.29 is 68.0 Å². The Morgan fingerprint density at radius 1 is 1.02 bits per heavy atom. The molecule has 2 fully saturated rings. The number of hydrogen-bond donors (Lipinski definition) is 5. The molecule has 8 rings (SSSR count). The van der Waals surface area contributed by atoms with Gasteiger partial charge < -0.3 is 63.1 Å². The van der Waals surface area contributed by atoms with E-state index in [1.807, 2.05) is 41.4 Å². The molecule has 0 radical (unpaired) electrons. The number of methoxy groups -OCH3 is 2. The van der Waals surface area contributed by atoms with Crippen LogP contribution in [0.3, 0.4) is 0 Å². The standard InChI is InChI=1S/C38H40N2O14/c1-48-24-4-3-22-30-36(53-34(22)35(24)49-2)29-19(15-40-14-18-7-10-39-23(18)16-40)11-21(12-25(29)54-38(30)8-5-20(41)6-9-38)51-37-33(47)32(46)31(45)26(52-37)17-50-28(44)13-27(42)43/h3-4,7,10-12,14,16,26,30-33,36-37,39,45-47H,5-6,8-9,13,15,17H2,1-2H3,(H,42,43). The summed E-state index contributed by atoms with van der Waals surface area (Å²) >= 11 is 0. The van der Waals surface area contributed by atoms with Gasteiger partial charge in [-0.3, -0.25) is 14.4 Å². The smallest absolute Gasteiger partial charge is 0.317 e. The molecule has 2 aromatic heterocycles. The normalized spacial score (nSPS) is 26.6. The third kappa shape index (κ3) is 6.18. The summed E-state index contributed by atoms with van der Waals surface area (Å²) < 4.78 is 44.3. The number of benzene rings is 2. The maximum Gasteiger partial charge on any atom is 0.317 e. The number of carboxylic acids is 1. The molecule has 16 heteroatoms. The van der Waals surface area contributed by atoms with Crippen molar-refractivity contribution in [2.45, 2.75) is 87.0 Å². The molecule has 54 heavy (non-hydrogen) atoms. The van der Waals surface area contributed by atoms with Gasteiger partial charge in [-0.2, -0.15) is 0 Å². The van der Waals surface area contributed by atoms with E-state index in [-0.39, 0.29) is 17.5 Å². The van der Waals surface area contributed by atoms with Crippen LogP contribution >= 0.6 is 0 Å². The third-order valence-corrected chi connectivity index (χ3v) is 10.8. The molecule has 1 saturated carbocycles. The summed E-state index contributed by atoms with van der Waals surface area (Å²) in [7, 11) is 3.10. The number of aromatic amines is 1. The van der Waals surface area contributed by atoms with Crippen LogP contribution in [-0.4, -0.2) is 105 Å². The second-order valence-corrected chi connectivity index (χ2v) is 14.1. The number of H-pyrrole nitrogens is 1. The Labute approximate surface area is 308 Å². The van der Waals surface area contributed by atoms with Crippen LogP contribution < -0.4 is 23.7 Å². The van der Waals surface area contributed by atoms with E-state index in [9.17, 15) is 29.7 Å². The quantitative estimate of drug-likeness (QED) is 0.116. The van der Waals surface area contributed by atoms with Crippen molar-refractivity contribution in [2.75, 3.05) is 20.8 Å². The van der Waals surface area contributed by atoms with Crippen LogP contribution in [0, 0.1) is 0 Å². The minimum absolute atomic E-state index is 0.145. The largest absolute Gasteiger partial charge is 0.493 e. The molecule has 16 nitrogen and oxygen atoms in total. The zero-order valence-corrected chi connectivity index (χ0v) is 29.4. The Bertz CT molecular complexity index is 2070. The molecule has 2 aromatic carbocycles. The number of ether oxygens (including phenoxy) is 7. The lowest BCUT2D eigenvalue weighted by molar-refractivity contribution is -0.278. The van der Waals surface area contributed by atoms with Gasteiger partial charge in [-0.1, -0.05) is 6.07 Å². The van der Waals surface area contributed by atoms with Crippen molar-refractivity contribution in [1.29, 1.82) is 0 Å². The van der Waals surface area contributed by atoms with Crippen molar-refractivity contribution in [1.82, 2.24) is 9.55 Å². The van der Waals surface area contributed by atoms with Crippen molar-refractivity contribution >= 4 is 28.6 Å². The van der Waals surface area contributed by atoms with Gasteiger partial charge in [0, 0.05) is 60.6 Å². The molecule has 5 heterocycles. The van der Waals surface area contributed by atoms with Crippen LogP contribution in [0.25, 0.3) is 10.9 Å². The van der Waals surface area contributed by atoms with E-state index in [0.717, 1.165) is 27.6 Å². The summed E-state index contributed by atoms with van der Waals surface area (Å²) in [5.74, 6) is -0.548. The number of carbonyl (C=O) groups excluding carboxylic acids is 2. The molecule has 1 spiro atoms. The Hall–Kier alpha value is -5.29. The van der Waals surface area contributed by atoms with Crippen molar-refractivity contribution in [3.8, 4) is 28.7 Å². The van der Waals surface area contributed by atoms with Gasteiger partial charge in [-0.05, 0) is 36.6 Å². The number of aliphatic carboxylic acids is 1. The van der Waals surface area contributed by atoms with Crippen molar-refractivity contribution in [2.24, 2.45) is 0 Å². The Morgan fingerprint density at radius 3 is 2.54 bits per heavy atom. The molecule has 3 aliphatic heterocycles. The third-order valence-electron chi connectivity index (χ3n) is 10.8. The number of aliphatic hydroxyl groups is 3. The number of aliphatic hydroxyl groups excluding tert-OH is 3. The highest BCUT2D eigenvalue weighted by atomic mass is 16.7. The number of esters is 1. The fourth-order valence-corrected chi connectivity index (χ4v) is 8.26. The van der Waals surface area contributed by atoms with Crippen LogP contribution in [0.2, 0.25) is 0 Å². The van der Waals surface area contributed by atoms with Gasteiger partial charge in [0.1, 0.15) is 66.4 Å². The van der Waals surface area contributed by atoms with Crippen LogP contribution in [-0.2, 0) is 30.4 Å². The fraction of sp³-hybridized carbons (Fsp3) is 0.447. The Kier molecular flexibility index (Phi) is 9.16. The monoisotopic (exact) mass is 748 g/mol. The van der Waals surface area contributed by atoms with E-state index in [0.29, 0.717) is 55.2 Å². The topological polar surface area (TPSA) is 217 Å². The maximum atomic E-state index is 12.6. The first kappa shape index (κ1) is 35.7. The molecule has 4 aliphatic rings.